The van der Waals surface area contributed by atoms with Gasteiger partial charge in [0.2, 0.25) is 0 Å². The standard InChI is InChI=1S/C10H17NO5S/c1-15-9(12)7-6-10(3-5-17(7,13)14)8(11)2-4-16-10/h7-8H,2-6,11H2,1H3. The molecule has 3 atom stereocenters. The zero-order valence-corrected chi connectivity index (χ0v) is 10.5. The van der Waals surface area contributed by atoms with E-state index in [-0.39, 0.29) is 18.2 Å². The van der Waals surface area contributed by atoms with Crippen molar-refractivity contribution < 1.29 is 22.7 Å². The predicted molar refractivity (Wildman–Crippen MR) is 60.1 cm³/mol. The second-order valence-electron chi connectivity index (χ2n) is 4.64. The molecule has 1 spiro atoms. The highest BCUT2D eigenvalue weighted by Crippen LogP contribution is 2.39. The summed E-state index contributed by atoms with van der Waals surface area (Å²) in [6.07, 6.45) is 1.18. The van der Waals surface area contributed by atoms with Gasteiger partial charge in [-0.05, 0) is 12.8 Å². The minimum Gasteiger partial charge on any atom is -0.468 e. The van der Waals surface area contributed by atoms with E-state index in [1.165, 1.54) is 7.11 Å². The number of sulfone groups is 1. The van der Waals surface area contributed by atoms with Crippen LogP contribution in [0.15, 0.2) is 0 Å². The normalized spacial score (nSPS) is 40.4. The number of methoxy groups -OCH3 is 1. The van der Waals surface area contributed by atoms with Gasteiger partial charge in [-0.3, -0.25) is 4.79 Å². The van der Waals surface area contributed by atoms with Gasteiger partial charge in [0.15, 0.2) is 15.1 Å². The average Bonchev–Trinajstić information content (AvgIpc) is 2.63. The lowest BCUT2D eigenvalue weighted by atomic mass is 9.86. The second kappa shape index (κ2) is 4.22. The van der Waals surface area contributed by atoms with Crippen LogP contribution in [0.5, 0.6) is 0 Å². The Balaban J connectivity index is 2.27. The smallest absolute Gasteiger partial charge is 0.324 e. The monoisotopic (exact) mass is 263 g/mol. The molecule has 2 fully saturated rings. The molecule has 0 aromatic heterocycles. The maximum Gasteiger partial charge on any atom is 0.324 e. The van der Waals surface area contributed by atoms with Gasteiger partial charge in [-0.15, -0.1) is 0 Å². The Hall–Kier alpha value is -0.660. The minimum atomic E-state index is -3.43. The Kier molecular flexibility index (Phi) is 3.17. The van der Waals surface area contributed by atoms with Crippen molar-refractivity contribution in [2.75, 3.05) is 19.5 Å². The van der Waals surface area contributed by atoms with Crippen LogP contribution in [-0.4, -0.2) is 50.7 Å². The van der Waals surface area contributed by atoms with Crippen LogP contribution in [0.4, 0.5) is 0 Å². The number of carbonyl (C=O) groups is 1. The molecular formula is C10H17NO5S. The fourth-order valence-electron chi connectivity index (χ4n) is 2.59. The third-order valence-electron chi connectivity index (χ3n) is 3.73. The summed E-state index contributed by atoms with van der Waals surface area (Å²) < 4.78 is 33.8. The molecule has 0 radical (unpaired) electrons. The van der Waals surface area contributed by atoms with Crippen molar-refractivity contribution in [2.45, 2.75) is 36.2 Å². The van der Waals surface area contributed by atoms with Gasteiger partial charge in [0.05, 0.1) is 18.5 Å². The zero-order valence-electron chi connectivity index (χ0n) is 9.72. The molecule has 0 bridgehead atoms. The van der Waals surface area contributed by atoms with Crippen molar-refractivity contribution in [3.05, 3.63) is 0 Å². The van der Waals surface area contributed by atoms with Crippen LogP contribution in [0.1, 0.15) is 19.3 Å². The molecule has 7 heteroatoms. The molecule has 2 aliphatic heterocycles. The Morgan fingerprint density at radius 1 is 1.53 bits per heavy atom. The van der Waals surface area contributed by atoms with Gasteiger partial charge in [0, 0.05) is 19.1 Å². The first-order chi connectivity index (χ1) is 7.91. The van der Waals surface area contributed by atoms with E-state index in [9.17, 15) is 13.2 Å². The summed E-state index contributed by atoms with van der Waals surface area (Å²) in [5.41, 5.74) is 5.30. The van der Waals surface area contributed by atoms with E-state index >= 15 is 0 Å². The molecule has 0 aromatic rings. The fourth-order valence-corrected chi connectivity index (χ4v) is 4.43. The van der Waals surface area contributed by atoms with Crippen molar-refractivity contribution in [3.63, 3.8) is 0 Å². The highest BCUT2D eigenvalue weighted by molar-refractivity contribution is 7.92. The summed E-state index contributed by atoms with van der Waals surface area (Å²) in [6, 6.07) is -0.204. The van der Waals surface area contributed by atoms with Gasteiger partial charge < -0.3 is 15.2 Å². The number of esters is 1. The van der Waals surface area contributed by atoms with Crippen molar-refractivity contribution >= 4 is 15.8 Å². The molecular weight excluding hydrogens is 246 g/mol. The SMILES string of the molecule is COC(=O)C1CC2(CCS1(=O)=O)OCCC2N. The summed E-state index contributed by atoms with van der Waals surface area (Å²) in [5.74, 6) is -0.785. The van der Waals surface area contributed by atoms with Crippen LogP contribution >= 0.6 is 0 Å². The van der Waals surface area contributed by atoms with Gasteiger partial charge in [0.1, 0.15) is 0 Å². The van der Waals surface area contributed by atoms with E-state index in [2.05, 4.69) is 4.74 Å². The van der Waals surface area contributed by atoms with Crippen molar-refractivity contribution in [3.8, 4) is 0 Å². The number of rotatable bonds is 1. The lowest BCUT2D eigenvalue weighted by Crippen LogP contribution is -2.55. The van der Waals surface area contributed by atoms with Crippen molar-refractivity contribution in [1.29, 1.82) is 0 Å². The summed E-state index contributed by atoms with van der Waals surface area (Å²) in [6.45, 7) is 0.523. The minimum absolute atomic E-state index is 0.0690. The first-order valence-corrected chi connectivity index (χ1v) is 7.32. The largest absolute Gasteiger partial charge is 0.468 e. The van der Waals surface area contributed by atoms with E-state index < -0.39 is 26.7 Å². The van der Waals surface area contributed by atoms with E-state index in [1.54, 1.807) is 0 Å². The van der Waals surface area contributed by atoms with Crippen molar-refractivity contribution in [2.24, 2.45) is 5.73 Å². The van der Waals surface area contributed by atoms with Crippen molar-refractivity contribution in [1.82, 2.24) is 0 Å². The fraction of sp³-hybridized carbons (Fsp3) is 0.900. The highest BCUT2D eigenvalue weighted by Gasteiger charge is 2.53. The first kappa shape index (κ1) is 12.8. The number of carbonyl (C=O) groups excluding carboxylic acids is 1. The number of ether oxygens (including phenoxy) is 2. The van der Waals surface area contributed by atoms with Gasteiger partial charge in [-0.25, -0.2) is 8.42 Å². The van der Waals surface area contributed by atoms with E-state index in [0.29, 0.717) is 19.4 Å². The van der Waals surface area contributed by atoms with Crippen LogP contribution in [0.25, 0.3) is 0 Å². The average molecular weight is 263 g/mol. The zero-order chi connectivity index (χ0) is 12.7. The summed E-state index contributed by atoms with van der Waals surface area (Å²) in [4.78, 5) is 11.5. The lowest BCUT2D eigenvalue weighted by molar-refractivity contribution is -0.142. The molecule has 0 aromatic carbocycles. The number of nitrogens with two attached hydrogens (primary N) is 1. The maximum atomic E-state index is 11.8. The van der Waals surface area contributed by atoms with Gasteiger partial charge >= 0.3 is 5.97 Å². The molecule has 2 heterocycles. The van der Waals surface area contributed by atoms with Crippen LogP contribution in [0.2, 0.25) is 0 Å². The molecule has 0 amide bonds. The van der Waals surface area contributed by atoms with E-state index in [4.69, 9.17) is 10.5 Å². The quantitative estimate of drug-likeness (QED) is 0.624. The molecule has 17 heavy (non-hydrogen) atoms. The van der Waals surface area contributed by atoms with Gasteiger partial charge in [-0.1, -0.05) is 0 Å². The van der Waals surface area contributed by atoms with Gasteiger partial charge in [-0.2, -0.15) is 0 Å². The Labute approximate surface area is 100 Å². The maximum absolute atomic E-state index is 11.8. The predicted octanol–water partition coefficient (Wildman–Crippen LogP) is -0.777. The van der Waals surface area contributed by atoms with E-state index in [1.807, 2.05) is 0 Å². The molecule has 2 N–H and O–H groups in total. The number of hydrogen-bond donors (Lipinski definition) is 1. The Morgan fingerprint density at radius 3 is 2.76 bits per heavy atom. The van der Waals surface area contributed by atoms with Crippen LogP contribution in [0, 0.1) is 0 Å². The van der Waals surface area contributed by atoms with Crippen LogP contribution in [-0.2, 0) is 24.1 Å². The third-order valence-corrected chi connectivity index (χ3v) is 5.73. The lowest BCUT2D eigenvalue weighted by Gasteiger charge is -2.38. The number of hydrogen-bond acceptors (Lipinski definition) is 6. The van der Waals surface area contributed by atoms with Gasteiger partial charge in [0.25, 0.3) is 0 Å². The molecule has 2 aliphatic rings. The van der Waals surface area contributed by atoms with Crippen LogP contribution < -0.4 is 5.73 Å². The first-order valence-electron chi connectivity index (χ1n) is 5.60. The third kappa shape index (κ3) is 2.07. The molecule has 6 nitrogen and oxygen atoms in total. The molecule has 3 unspecified atom stereocenters. The summed E-state index contributed by atoms with van der Waals surface area (Å²) >= 11 is 0. The highest BCUT2D eigenvalue weighted by atomic mass is 32.2. The molecule has 98 valence electrons. The topological polar surface area (TPSA) is 95.7 Å². The summed E-state index contributed by atoms with van der Waals surface area (Å²) in [7, 11) is -2.24. The second-order valence-corrected chi connectivity index (χ2v) is 6.94. The molecule has 2 rings (SSSR count). The Bertz CT molecular complexity index is 420. The Morgan fingerprint density at radius 2 is 2.24 bits per heavy atom. The van der Waals surface area contributed by atoms with E-state index in [0.717, 1.165) is 0 Å². The molecule has 0 aliphatic carbocycles. The summed E-state index contributed by atoms with van der Waals surface area (Å²) in [5, 5.41) is -1.13. The van der Waals surface area contributed by atoms with Crippen LogP contribution in [0.3, 0.4) is 0 Å². The molecule has 0 saturated carbocycles. The molecule has 2 saturated heterocycles.